The minimum absolute atomic E-state index is 0.105. The van der Waals surface area contributed by atoms with Crippen molar-refractivity contribution in [3.05, 3.63) is 84.4 Å². The topological polar surface area (TPSA) is 59.6 Å². The van der Waals surface area contributed by atoms with Crippen LogP contribution in [0.2, 0.25) is 0 Å². The first kappa shape index (κ1) is 20.3. The van der Waals surface area contributed by atoms with Gasteiger partial charge in [0.1, 0.15) is 18.1 Å². The van der Waals surface area contributed by atoms with E-state index in [1.54, 1.807) is 0 Å². The van der Waals surface area contributed by atoms with Gasteiger partial charge in [0, 0.05) is 17.4 Å². The first-order valence-electron chi connectivity index (χ1n) is 9.66. The molecule has 5 heteroatoms. The standard InChI is InChI=1S/C24H26N2O3/c1-18(2)29-23-10-6-9-21(15-23)25-16-24(27)26-20-11-13-22(14-12-20)28-17-19-7-4-3-5-8-19/h3-15,18,25H,16-17H2,1-2H3,(H,26,27). The summed E-state index contributed by atoms with van der Waals surface area (Å²) in [6.45, 7) is 4.63. The molecule has 0 fully saturated rings. The summed E-state index contributed by atoms with van der Waals surface area (Å²) in [5, 5.41) is 5.98. The molecule has 3 aromatic rings. The van der Waals surface area contributed by atoms with E-state index in [1.165, 1.54) is 0 Å². The minimum atomic E-state index is -0.127. The summed E-state index contributed by atoms with van der Waals surface area (Å²) in [6, 6.07) is 24.9. The summed E-state index contributed by atoms with van der Waals surface area (Å²) in [4.78, 5) is 12.2. The Kier molecular flexibility index (Phi) is 7.11. The zero-order chi connectivity index (χ0) is 20.5. The van der Waals surface area contributed by atoms with Crippen molar-refractivity contribution in [2.45, 2.75) is 26.6 Å². The molecule has 150 valence electrons. The van der Waals surface area contributed by atoms with Gasteiger partial charge in [-0.3, -0.25) is 4.79 Å². The van der Waals surface area contributed by atoms with Crippen LogP contribution in [0.25, 0.3) is 0 Å². The quantitative estimate of drug-likeness (QED) is 0.533. The highest BCUT2D eigenvalue weighted by Gasteiger charge is 2.05. The van der Waals surface area contributed by atoms with E-state index >= 15 is 0 Å². The molecule has 0 atom stereocenters. The van der Waals surface area contributed by atoms with Crippen molar-refractivity contribution >= 4 is 17.3 Å². The lowest BCUT2D eigenvalue weighted by molar-refractivity contribution is -0.114. The van der Waals surface area contributed by atoms with Crippen LogP contribution in [0.15, 0.2) is 78.9 Å². The van der Waals surface area contributed by atoms with E-state index in [0.29, 0.717) is 6.61 Å². The Hall–Kier alpha value is -3.47. The van der Waals surface area contributed by atoms with Crippen LogP contribution in [0.3, 0.4) is 0 Å². The van der Waals surface area contributed by atoms with Crippen LogP contribution in [0.1, 0.15) is 19.4 Å². The Balaban J connectivity index is 1.45. The lowest BCUT2D eigenvalue weighted by atomic mass is 10.2. The summed E-state index contributed by atoms with van der Waals surface area (Å²) in [7, 11) is 0. The number of carbonyl (C=O) groups excluding carboxylic acids is 1. The fourth-order valence-corrected chi connectivity index (χ4v) is 2.71. The second kappa shape index (κ2) is 10.2. The zero-order valence-corrected chi connectivity index (χ0v) is 16.7. The number of ether oxygens (including phenoxy) is 2. The van der Waals surface area contributed by atoms with Crippen LogP contribution in [-0.2, 0) is 11.4 Å². The highest BCUT2D eigenvalue weighted by molar-refractivity contribution is 5.93. The van der Waals surface area contributed by atoms with Crippen LogP contribution in [0.4, 0.5) is 11.4 Å². The van der Waals surface area contributed by atoms with Crippen LogP contribution in [-0.4, -0.2) is 18.6 Å². The molecule has 0 unspecified atom stereocenters. The third-order valence-corrected chi connectivity index (χ3v) is 4.05. The number of nitrogens with one attached hydrogen (secondary N) is 2. The third-order valence-electron chi connectivity index (χ3n) is 4.05. The van der Waals surface area contributed by atoms with Crippen LogP contribution >= 0.6 is 0 Å². The lowest BCUT2D eigenvalue weighted by Gasteiger charge is -2.12. The number of hydrogen-bond donors (Lipinski definition) is 2. The van der Waals surface area contributed by atoms with Crippen molar-refractivity contribution in [1.82, 2.24) is 0 Å². The molecule has 29 heavy (non-hydrogen) atoms. The van der Waals surface area contributed by atoms with Crippen LogP contribution in [0.5, 0.6) is 11.5 Å². The number of hydrogen-bond acceptors (Lipinski definition) is 4. The molecule has 0 saturated heterocycles. The maximum absolute atomic E-state index is 12.2. The number of carbonyl (C=O) groups is 1. The second-order valence-electron chi connectivity index (χ2n) is 6.89. The Bertz CT molecular complexity index is 909. The molecule has 0 aliphatic rings. The van der Waals surface area contributed by atoms with Crippen LogP contribution < -0.4 is 20.1 Å². The van der Waals surface area contributed by atoms with E-state index in [0.717, 1.165) is 28.4 Å². The number of benzene rings is 3. The fraction of sp³-hybridized carbons (Fsp3) is 0.208. The number of rotatable bonds is 9. The van der Waals surface area contributed by atoms with Crippen molar-refractivity contribution < 1.29 is 14.3 Å². The molecule has 0 saturated carbocycles. The number of amides is 1. The van der Waals surface area contributed by atoms with Crippen LogP contribution in [0, 0.1) is 0 Å². The molecular weight excluding hydrogens is 364 g/mol. The summed E-state index contributed by atoms with van der Waals surface area (Å²) in [5.41, 5.74) is 2.67. The van der Waals surface area contributed by atoms with Crippen molar-refractivity contribution in [2.24, 2.45) is 0 Å². The van der Waals surface area contributed by atoms with Crippen molar-refractivity contribution in [3.63, 3.8) is 0 Å². The summed E-state index contributed by atoms with van der Waals surface area (Å²) in [6.07, 6.45) is 0.105. The van der Waals surface area contributed by atoms with E-state index < -0.39 is 0 Å². The SMILES string of the molecule is CC(C)Oc1cccc(NCC(=O)Nc2ccc(OCc3ccccc3)cc2)c1. The molecule has 2 N–H and O–H groups in total. The molecule has 0 radical (unpaired) electrons. The molecule has 3 rings (SSSR count). The van der Waals surface area contributed by atoms with E-state index in [2.05, 4.69) is 10.6 Å². The maximum Gasteiger partial charge on any atom is 0.243 e. The average molecular weight is 390 g/mol. The molecule has 0 bridgehead atoms. The summed E-state index contributed by atoms with van der Waals surface area (Å²) < 4.78 is 11.4. The molecule has 0 aliphatic carbocycles. The Morgan fingerprint density at radius 2 is 1.62 bits per heavy atom. The average Bonchev–Trinajstić information content (AvgIpc) is 2.72. The maximum atomic E-state index is 12.2. The Morgan fingerprint density at radius 3 is 2.34 bits per heavy atom. The Morgan fingerprint density at radius 1 is 0.862 bits per heavy atom. The molecule has 0 aromatic heterocycles. The predicted octanol–water partition coefficient (Wildman–Crippen LogP) is 5.10. The molecule has 0 spiro atoms. The van der Waals surface area contributed by atoms with Crippen molar-refractivity contribution in [2.75, 3.05) is 17.2 Å². The highest BCUT2D eigenvalue weighted by atomic mass is 16.5. The molecular formula is C24H26N2O3. The highest BCUT2D eigenvalue weighted by Crippen LogP contribution is 2.19. The van der Waals surface area contributed by atoms with Gasteiger partial charge in [0.05, 0.1) is 12.6 Å². The second-order valence-corrected chi connectivity index (χ2v) is 6.89. The summed E-state index contributed by atoms with van der Waals surface area (Å²) >= 11 is 0. The van der Waals surface area contributed by atoms with Crippen molar-refractivity contribution in [3.8, 4) is 11.5 Å². The van der Waals surface area contributed by atoms with Gasteiger partial charge in [-0.15, -0.1) is 0 Å². The molecule has 0 heterocycles. The predicted molar refractivity (Wildman–Crippen MR) is 117 cm³/mol. The first-order valence-corrected chi connectivity index (χ1v) is 9.66. The van der Waals surface area contributed by atoms with E-state index in [-0.39, 0.29) is 18.6 Å². The molecule has 0 aliphatic heterocycles. The van der Waals surface area contributed by atoms with Gasteiger partial charge < -0.3 is 20.1 Å². The largest absolute Gasteiger partial charge is 0.491 e. The summed E-state index contributed by atoms with van der Waals surface area (Å²) in [5.74, 6) is 1.40. The Labute approximate surface area is 171 Å². The minimum Gasteiger partial charge on any atom is -0.491 e. The van der Waals surface area contributed by atoms with Gasteiger partial charge in [-0.25, -0.2) is 0 Å². The molecule has 3 aromatic carbocycles. The zero-order valence-electron chi connectivity index (χ0n) is 16.7. The van der Waals surface area contributed by atoms with Gasteiger partial charge in [-0.2, -0.15) is 0 Å². The van der Waals surface area contributed by atoms with Gasteiger partial charge in [-0.1, -0.05) is 36.4 Å². The lowest BCUT2D eigenvalue weighted by Crippen LogP contribution is -2.21. The molecule has 1 amide bonds. The molecule has 5 nitrogen and oxygen atoms in total. The fourth-order valence-electron chi connectivity index (χ4n) is 2.71. The monoisotopic (exact) mass is 390 g/mol. The smallest absolute Gasteiger partial charge is 0.243 e. The van der Waals surface area contributed by atoms with Gasteiger partial charge in [0.25, 0.3) is 0 Å². The van der Waals surface area contributed by atoms with E-state index in [1.807, 2.05) is 92.7 Å². The van der Waals surface area contributed by atoms with E-state index in [9.17, 15) is 4.79 Å². The first-order chi connectivity index (χ1) is 14.1. The third kappa shape index (κ3) is 6.88. The van der Waals surface area contributed by atoms with E-state index in [4.69, 9.17) is 9.47 Å². The van der Waals surface area contributed by atoms with Gasteiger partial charge >= 0.3 is 0 Å². The van der Waals surface area contributed by atoms with Crippen molar-refractivity contribution in [1.29, 1.82) is 0 Å². The van der Waals surface area contributed by atoms with Gasteiger partial charge in [-0.05, 0) is 55.8 Å². The van der Waals surface area contributed by atoms with Gasteiger partial charge in [0.2, 0.25) is 5.91 Å². The normalized spacial score (nSPS) is 10.4. The number of anilines is 2. The van der Waals surface area contributed by atoms with Gasteiger partial charge in [0.15, 0.2) is 0 Å².